The van der Waals surface area contributed by atoms with E-state index in [1.807, 2.05) is 4.90 Å². The van der Waals surface area contributed by atoms with E-state index in [0.717, 1.165) is 38.6 Å². The van der Waals surface area contributed by atoms with Gasteiger partial charge in [-0.2, -0.15) is 0 Å². The first-order valence-electron chi connectivity index (χ1n) is 5.46. The second-order valence-corrected chi connectivity index (χ2v) is 4.66. The summed E-state index contributed by atoms with van der Waals surface area (Å²) < 4.78 is 0. The number of hydrogen-bond acceptors (Lipinski definition) is 3. The molecule has 0 aromatic rings. The predicted octanol–water partition coefficient (Wildman–Crippen LogP) is -0.183. The molecule has 0 bridgehead atoms. The molecule has 1 aliphatic heterocycles. The van der Waals surface area contributed by atoms with Crippen LogP contribution in [-0.2, 0) is 4.79 Å². The van der Waals surface area contributed by atoms with Gasteiger partial charge in [0.15, 0.2) is 0 Å². The highest BCUT2D eigenvalue weighted by Crippen LogP contribution is 2.29. The van der Waals surface area contributed by atoms with Crippen LogP contribution in [0.4, 0.5) is 0 Å². The van der Waals surface area contributed by atoms with E-state index in [1.165, 1.54) is 0 Å². The third kappa shape index (κ3) is 1.64. The lowest BCUT2D eigenvalue weighted by atomic mass is 9.97. The molecule has 1 aliphatic carbocycles. The first kappa shape index (κ1) is 9.93. The zero-order valence-corrected chi connectivity index (χ0v) is 8.54. The molecule has 0 radical (unpaired) electrons. The molecule has 0 spiro atoms. The van der Waals surface area contributed by atoms with E-state index in [0.29, 0.717) is 6.54 Å². The second-order valence-electron chi connectivity index (χ2n) is 4.66. The Kier molecular flexibility index (Phi) is 2.49. The van der Waals surface area contributed by atoms with Gasteiger partial charge < -0.3 is 16.4 Å². The molecule has 0 unspecified atom stereocenters. The van der Waals surface area contributed by atoms with E-state index in [4.69, 9.17) is 11.5 Å². The number of hydrogen-bond donors (Lipinski definition) is 2. The molecule has 2 fully saturated rings. The van der Waals surface area contributed by atoms with Gasteiger partial charge in [-0.05, 0) is 19.3 Å². The average Bonchev–Trinajstić information content (AvgIpc) is 2.74. The summed E-state index contributed by atoms with van der Waals surface area (Å²) in [7, 11) is 0. The topological polar surface area (TPSA) is 72.3 Å². The van der Waals surface area contributed by atoms with Gasteiger partial charge in [-0.3, -0.25) is 4.79 Å². The van der Waals surface area contributed by atoms with E-state index in [9.17, 15) is 4.79 Å². The molecule has 1 saturated heterocycles. The Morgan fingerprint density at radius 3 is 2.50 bits per heavy atom. The van der Waals surface area contributed by atoms with Gasteiger partial charge in [-0.1, -0.05) is 12.8 Å². The minimum Gasteiger partial charge on any atom is -0.339 e. The molecule has 4 nitrogen and oxygen atoms in total. The van der Waals surface area contributed by atoms with E-state index < -0.39 is 5.54 Å². The smallest absolute Gasteiger partial charge is 0.242 e. The van der Waals surface area contributed by atoms with Gasteiger partial charge in [-0.15, -0.1) is 0 Å². The van der Waals surface area contributed by atoms with Gasteiger partial charge in [0, 0.05) is 19.1 Å². The lowest BCUT2D eigenvalue weighted by Gasteiger charge is -2.28. The van der Waals surface area contributed by atoms with Crippen molar-refractivity contribution in [3.63, 3.8) is 0 Å². The summed E-state index contributed by atoms with van der Waals surface area (Å²) in [5, 5.41) is 0. The number of rotatable bonds is 1. The van der Waals surface area contributed by atoms with Crippen molar-refractivity contribution in [2.45, 2.75) is 43.7 Å². The number of likely N-dealkylation sites (tertiary alicyclic amines) is 1. The number of nitrogens with zero attached hydrogens (tertiary/aromatic N) is 1. The first-order chi connectivity index (χ1) is 6.62. The zero-order valence-electron chi connectivity index (χ0n) is 8.54. The molecule has 1 saturated carbocycles. The number of carbonyl (C=O) groups is 1. The molecule has 4 heteroatoms. The fourth-order valence-corrected chi connectivity index (χ4v) is 2.51. The number of carbonyl (C=O) groups excluding carboxylic acids is 1. The van der Waals surface area contributed by atoms with Crippen molar-refractivity contribution in [2.24, 2.45) is 11.5 Å². The molecule has 2 aliphatic rings. The lowest BCUT2D eigenvalue weighted by molar-refractivity contribution is -0.135. The SMILES string of the molecule is N[C@H]1CCN(C(=O)C2(N)CCCC2)C1. The van der Waals surface area contributed by atoms with Crippen LogP contribution in [0.1, 0.15) is 32.1 Å². The van der Waals surface area contributed by atoms with Crippen LogP contribution in [0.3, 0.4) is 0 Å². The summed E-state index contributed by atoms with van der Waals surface area (Å²) in [4.78, 5) is 13.9. The minimum atomic E-state index is -0.565. The largest absolute Gasteiger partial charge is 0.339 e. The highest BCUT2D eigenvalue weighted by molar-refractivity contribution is 5.86. The maximum absolute atomic E-state index is 12.1. The van der Waals surface area contributed by atoms with Crippen LogP contribution in [0.15, 0.2) is 0 Å². The number of nitrogens with two attached hydrogens (primary N) is 2. The molecule has 80 valence electrons. The summed E-state index contributed by atoms with van der Waals surface area (Å²) in [5.41, 5.74) is 11.3. The molecule has 1 heterocycles. The van der Waals surface area contributed by atoms with Crippen LogP contribution in [-0.4, -0.2) is 35.5 Å². The maximum Gasteiger partial charge on any atom is 0.242 e. The van der Waals surface area contributed by atoms with Crippen LogP contribution in [0.2, 0.25) is 0 Å². The summed E-state index contributed by atoms with van der Waals surface area (Å²) in [6, 6.07) is 0.156. The van der Waals surface area contributed by atoms with Crippen molar-refractivity contribution < 1.29 is 4.79 Å². The summed E-state index contributed by atoms with van der Waals surface area (Å²) in [6.07, 6.45) is 4.78. The summed E-state index contributed by atoms with van der Waals surface area (Å²) in [5.74, 6) is 0.128. The lowest BCUT2D eigenvalue weighted by Crippen LogP contribution is -2.53. The average molecular weight is 197 g/mol. The molecule has 0 aromatic carbocycles. The van der Waals surface area contributed by atoms with Gasteiger partial charge in [-0.25, -0.2) is 0 Å². The van der Waals surface area contributed by atoms with Crippen molar-refractivity contribution in [3.05, 3.63) is 0 Å². The molecule has 1 amide bonds. The maximum atomic E-state index is 12.1. The fraction of sp³-hybridized carbons (Fsp3) is 0.900. The molecule has 1 atom stereocenters. The van der Waals surface area contributed by atoms with Gasteiger partial charge >= 0.3 is 0 Å². The Hall–Kier alpha value is -0.610. The van der Waals surface area contributed by atoms with Crippen molar-refractivity contribution in [1.82, 2.24) is 4.90 Å². The minimum absolute atomic E-state index is 0.128. The second kappa shape index (κ2) is 3.51. The number of amides is 1. The van der Waals surface area contributed by atoms with Crippen molar-refractivity contribution in [3.8, 4) is 0 Å². The van der Waals surface area contributed by atoms with Gasteiger partial charge in [0.2, 0.25) is 5.91 Å². The Morgan fingerprint density at radius 2 is 2.00 bits per heavy atom. The van der Waals surface area contributed by atoms with Crippen LogP contribution < -0.4 is 11.5 Å². The predicted molar refractivity (Wildman–Crippen MR) is 54.6 cm³/mol. The summed E-state index contributed by atoms with van der Waals surface area (Å²) in [6.45, 7) is 1.48. The van der Waals surface area contributed by atoms with Crippen LogP contribution in [0.25, 0.3) is 0 Å². The van der Waals surface area contributed by atoms with Crippen molar-refractivity contribution in [1.29, 1.82) is 0 Å². The molecule has 4 N–H and O–H groups in total. The van der Waals surface area contributed by atoms with E-state index >= 15 is 0 Å². The molecule has 14 heavy (non-hydrogen) atoms. The van der Waals surface area contributed by atoms with Crippen molar-refractivity contribution in [2.75, 3.05) is 13.1 Å². The Labute approximate surface area is 84.6 Å². The van der Waals surface area contributed by atoms with Gasteiger partial charge in [0.25, 0.3) is 0 Å². The van der Waals surface area contributed by atoms with E-state index in [2.05, 4.69) is 0 Å². The van der Waals surface area contributed by atoms with E-state index in [-0.39, 0.29) is 11.9 Å². The molecular formula is C10H19N3O. The fourth-order valence-electron chi connectivity index (χ4n) is 2.51. The first-order valence-corrected chi connectivity index (χ1v) is 5.46. The monoisotopic (exact) mass is 197 g/mol. The van der Waals surface area contributed by atoms with Crippen molar-refractivity contribution >= 4 is 5.91 Å². The third-order valence-corrected chi connectivity index (χ3v) is 3.43. The normalized spacial score (nSPS) is 31.0. The highest BCUT2D eigenvalue weighted by Gasteiger charge is 2.41. The summed E-state index contributed by atoms with van der Waals surface area (Å²) >= 11 is 0. The van der Waals surface area contributed by atoms with Crippen LogP contribution >= 0.6 is 0 Å². The third-order valence-electron chi connectivity index (χ3n) is 3.43. The standard InChI is InChI=1S/C10H19N3O/c11-8-3-6-13(7-8)9(14)10(12)4-1-2-5-10/h8H,1-7,11-12H2/t8-/m0/s1. The Balaban J connectivity index is 2.00. The quantitative estimate of drug-likeness (QED) is 0.612. The van der Waals surface area contributed by atoms with Gasteiger partial charge in [0.1, 0.15) is 0 Å². The molecule has 2 rings (SSSR count). The molecule has 0 aromatic heterocycles. The van der Waals surface area contributed by atoms with Crippen LogP contribution in [0, 0.1) is 0 Å². The molecular weight excluding hydrogens is 178 g/mol. The van der Waals surface area contributed by atoms with Crippen LogP contribution in [0.5, 0.6) is 0 Å². The Morgan fingerprint density at radius 1 is 1.36 bits per heavy atom. The van der Waals surface area contributed by atoms with Gasteiger partial charge in [0.05, 0.1) is 5.54 Å². The van der Waals surface area contributed by atoms with E-state index in [1.54, 1.807) is 0 Å². The Bertz CT molecular complexity index is 236. The highest BCUT2D eigenvalue weighted by atomic mass is 16.2. The zero-order chi connectivity index (χ0) is 10.2.